The highest BCUT2D eigenvalue weighted by molar-refractivity contribution is 7.71. The molecule has 0 saturated heterocycles. The summed E-state index contributed by atoms with van der Waals surface area (Å²) in [6, 6.07) is 16.4. The summed E-state index contributed by atoms with van der Waals surface area (Å²) in [6.07, 6.45) is 3.65. The first-order chi connectivity index (χ1) is 21.0. The molecule has 0 aliphatic rings. The minimum Gasteiger partial charge on any atom is -0.424 e. The van der Waals surface area contributed by atoms with Crippen LogP contribution in [-0.2, 0) is 0 Å². The molecule has 0 aliphatic carbocycles. The zero-order valence-electron chi connectivity index (χ0n) is 26.2. The van der Waals surface area contributed by atoms with Gasteiger partial charge in [0.15, 0.2) is 9.54 Å². The average Bonchev–Trinajstić information content (AvgIpc) is 3.63. The quantitative estimate of drug-likeness (QED) is 0.151. The Morgan fingerprint density at radius 3 is 1.50 bits per heavy atom. The fourth-order valence-corrected chi connectivity index (χ4v) is 7.00. The normalized spacial score (nSPS) is 11.6. The Kier molecular flexibility index (Phi) is 7.58. The number of benzene rings is 2. The van der Waals surface area contributed by atoms with Crippen molar-refractivity contribution in [2.75, 3.05) is 0 Å². The monoisotopic (exact) mass is 619 g/mol. The van der Waals surface area contributed by atoms with Crippen LogP contribution in [0.4, 0.5) is 0 Å². The molecule has 0 aliphatic heterocycles. The van der Waals surface area contributed by atoms with Crippen molar-refractivity contribution in [3.63, 3.8) is 0 Å². The summed E-state index contributed by atoms with van der Waals surface area (Å²) < 4.78 is 10.4. The second kappa shape index (κ2) is 11.3. The van der Waals surface area contributed by atoms with Crippen molar-refractivity contribution in [1.82, 2.24) is 43.2 Å². The molecular weight excluding hydrogens is 585 g/mol. The molecule has 9 nitrogen and oxygen atoms in total. The number of hydrogen-bond acceptors (Lipinski definition) is 6. The van der Waals surface area contributed by atoms with E-state index in [-0.39, 0.29) is 0 Å². The molecule has 4 heterocycles. The molecule has 0 spiro atoms. The van der Waals surface area contributed by atoms with E-state index in [0.717, 1.165) is 56.7 Å². The van der Waals surface area contributed by atoms with Gasteiger partial charge in [0.05, 0.1) is 17.1 Å². The summed E-state index contributed by atoms with van der Waals surface area (Å²) in [5.41, 5.74) is 10.4. The molecule has 0 atom stereocenters. The maximum absolute atomic E-state index is 6.18. The zero-order chi connectivity index (χ0) is 31.4. The van der Waals surface area contributed by atoms with E-state index >= 15 is 0 Å². The van der Waals surface area contributed by atoms with Crippen LogP contribution in [0.3, 0.4) is 0 Å². The molecule has 0 saturated carbocycles. The topological polar surface area (TPSA) is 76.2 Å². The second-order valence-electron chi connectivity index (χ2n) is 11.5. The fraction of sp³-hybridized carbons (Fsp3) is 0.250. The van der Waals surface area contributed by atoms with Crippen LogP contribution in [0.1, 0.15) is 45.0 Å². The van der Waals surface area contributed by atoms with E-state index in [2.05, 4.69) is 70.8 Å². The van der Waals surface area contributed by atoms with Gasteiger partial charge >= 0.3 is 0 Å². The molecule has 1 radical (unpaired) electrons. The van der Waals surface area contributed by atoms with Crippen LogP contribution in [0.25, 0.3) is 22.8 Å². The minimum atomic E-state index is -0.718. The van der Waals surface area contributed by atoms with Crippen molar-refractivity contribution in [3.05, 3.63) is 115 Å². The van der Waals surface area contributed by atoms with Crippen LogP contribution >= 0.6 is 24.4 Å². The molecular formula is C32H34BN9S2-. The van der Waals surface area contributed by atoms with Crippen molar-refractivity contribution in [2.24, 2.45) is 0 Å². The predicted octanol–water partition coefficient (Wildman–Crippen LogP) is 6.78. The summed E-state index contributed by atoms with van der Waals surface area (Å²) in [4.78, 5) is 4.50. The van der Waals surface area contributed by atoms with E-state index in [1.807, 2.05) is 53.4 Å². The van der Waals surface area contributed by atoms with E-state index in [1.54, 1.807) is 20.0 Å². The van der Waals surface area contributed by atoms with Gasteiger partial charge in [0, 0.05) is 6.20 Å². The summed E-state index contributed by atoms with van der Waals surface area (Å²) in [5.74, 6) is 1.50. The molecule has 44 heavy (non-hydrogen) atoms. The van der Waals surface area contributed by atoms with Crippen LogP contribution in [-0.4, -0.2) is 50.3 Å². The summed E-state index contributed by atoms with van der Waals surface area (Å²) in [5, 5.41) is 15.0. The number of aromatic nitrogens is 9. The van der Waals surface area contributed by atoms with Gasteiger partial charge in [0.1, 0.15) is 17.3 Å². The largest absolute Gasteiger partial charge is 0.424 e. The van der Waals surface area contributed by atoms with E-state index in [4.69, 9.17) is 39.7 Å². The van der Waals surface area contributed by atoms with Gasteiger partial charge in [-0.05, 0) is 126 Å². The first-order valence-corrected chi connectivity index (χ1v) is 15.3. The van der Waals surface area contributed by atoms with Gasteiger partial charge in [-0.25, -0.2) is 5.10 Å². The standard InChI is InChI=1S/C32H34BN9S2/c1-19-15-21(3)29(22(4)16-19)39-25(7)35-41(31(39)43)33(38-14-12-28(37-38)27-11-9-10-13-34-27)42-32(44)40(26(8)36-42)30-23(5)17-20(2)18-24(30)6/h9-18H,1-8H3/q-1. The summed E-state index contributed by atoms with van der Waals surface area (Å²) in [7, 11) is -0.718. The maximum Gasteiger partial charge on any atom is 0.268 e. The van der Waals surface area contributed by atoms with Crippen LogP contribution in [0.5, 0.6) is 0 Å². The SMILES string of the molecule is Cc1cc(C)c(-n2c(C)nn([B-](n3ccc(-c4ccccn4)n3)n3nc(C)n(-c4c(C)cc(C)cc4C)c3=S)c2=S)c(C)c1. The fourth-order valence-electron chi connectivity index (χ4n) is 6.28. The van der Waals surface area contributed by atoms with Crippen molar-refractivity contribution in [3.8, 4) is 22.8 Å². The minimum absolute atomic E-state index is 0.509. The molecule has 6 aromatic rings. The molecule has 6 rings (SSSR count). The van der Waals surface area contributed by atoms with Crippen LogP contribution in [0.15, 0.2) is 60.9 Å². The molecule has 0 fully saturated rings. The van der Waals surface area contributed by atoms with Gasteiger partial charge in [-0.1, -0.05) is 41.5 Å². The Hall–Kier alpha value is -4.42. The molecule has 0 amide bonds. The van der Waals surface area contributed by atoms with Crippen molar-refractivity contribution in [2.45, 2.75) is 55.4 Å². The highest BCUT2D eigenvalue weighted by Gasteiger charge is 2.22. The van der Waals surface area contributed by atoms with Gasteiger partial charge in [-0.3, -0.25) is 14.1 Å². The smallest absolute Gasteiger partial charge is 0.268 e. The molecule has 0 unspecified atom stereocenters. The first-order valence-electron chi connectivity index (χ1n) is 14.5. The van der Waals surface area contributed by atoms with Crippen LogP contribution in [0, 0.1) is 64.9 Å². The number of hydrogen-bond donors (Lipinski definition) is 0. The molecule has 0 N–H and O–H groups in total. The Balaban J connectivity index is 1.61. The highest BCUT2D eigenvalue weighted by Crippen LogP contribution is 2.26. The maximum atomic E-state index is 6.18. The van der Waals surface area contributed by atoms with E-state index < -0.39 is 7.12 Å². The predicted molar refractivity (Wildman–Crippen MR) is 180 cm³/mol. The Labute approximate surface area is 267 Å². The van der Waals surface area contributed by atoms with Crippen molar-refractivity contribution >= 4 is 31.6 Å². The third-order valence-electron chi connectivity index (χ3n) is 7.85. The lowest BCUT2D eigenvalue weighted by molar-refractivity contribution is 0.753. The van der Waals surface area contributed by atoms with E-state index in [9.17, 15) is 0 Å². The van der Waals surface area contributed by atoms with Crippen molar-refractivity contribution in [1.29, 1.82) is 0 Å². The lowest BCUT2D eigenvalue weighted by Crippen LogP contribution is -2.44. The zero-order valence-corrected chi connectivity index (χ0v) is 27.8. The Bertz CT molecular complexity index is 2000. The summed E-state index contributed by atoms with van der Waals surface area (Å²) in [6.45, 7) is 16.5. The van der Waals surface area contributed by atoms with Crippen LogP contribution in [0.2, 0.25) is 0 Å². The average molecular weight is 620 g/mol. The second-order valence-corrected chi connectivity index (χ2v) is 12.2. The lowest BCUT2D eigenvalue weighted by Gasteiger charge is -2.29. The lowest BCUT2D eigenvalue weighted by atomic mass is 9.96. The number of nitrogens with zero attached hydrogens (tertiary/aromatic N) is 9. The molecule has 12 heteroatoms. The van der Waals surface area contributed by atoms with E-state index in [1.165, 1.54) is 11.1 Å². The van der Waals surface area contributed by atoms with Gasteiger partial charge in [-0.2, -0.15) is 10.2 Å². The van der Waals surface area contributed by atoms with Gasteiger partial charge in [-0.15, -0.1) is 0 Å². The Morgan fingerprint density at radius 2 is 1.07 bits per heavy atom. The first kappa shape index (κ1) is 29.6. The Morgan fingerprint density at radius 1 is 0.591 bits per heavy atom. The molecule has 223 valence electrons. The highest BCUT2D eigenvalue weighted by atomic mass is 32.1. The number of rotatable bonds is 6. The van der Waals surface area contributed by atoms with Crippen LogP contribution < -0.4 is 0 Å². The number of pyridine rings is 1. The molecule has 0 bridgehead atoms. The van der Waals surface area contributed by atoms with Gasteiger partial charge in [0.2, 0.25) is 0 Å². The van der Waals surface area contributed by atoms with Gasteiger partial charge in [0.25, 0.3) is 7.12 Å². The summed E-state index contributed by atoms with van der Waals surface area (Å²) >= 11 is 12.4. The molecule has 2 aromatic carbocycles. The van der Waals surface area contributed by atoms with Gasteiger partial charge < -0.3 is 13.8 Å². The third kappa shape index (κ3) is 4.97. The van der Waals surface area contributed by atoms with E-state index in [0.29, 0.717) is 9.54 Å². The number of aryl methyl sites for hydroxylation is 8. The van der Waals surface area contributed by atoms with Crippen molar-refractivity contribution < 1.29 is 0 Å². The third-order valence-corrected chi connectivity index (χ3v) is 8.59. The molecule has 4 aromatic heterocycles.